The number of methoxy groups -OCH3 is 1. The molecule has 1 rings (SSSR count). The van der Waals surface area contributed by atoms with Crippen molar-refractivity contribution in [2.45, 2.75) is 33.1 Å². The molecule has 0 saturated carbocycles. The fraction of sp³-hybridized carbons (Fsp3) is 0.500. The summed E-state index contributed by atoms with van der Waals surface area (Å²) >= 11 is 0. The van der Waals surface area contributed by atoms with Gasteiger partial charge in [-0.15, -0.1) is 0 Å². The van der Waals surface area contributed by atoms with Crippen molar-refractivity contribution in [1.29, 1.82) is 0 Å². The Morgan fingerprint density at radius 2 is 2.06 bits per heavy atom. The topological polar surface area (TPSA) is 64.3 Å². The summed E-state index contributed by atoms with van der Waals surface area (Å²) in [6, 6.07) is 5.26. The van der Waals surface area contributed by atoms with Gasteiger partial charge in [-0.3, -0.25) is 4.79 Å². The molecule has 1 aromatic carbocycles. The molecule has 0 aliphatic carbocycles. The highest BCUT2D eigenvalue weighted by Gasteiger charge is 2.11. The first-order chi connectivity index (χ1) is 8.60. The molecule has 0 aromatic heterocycles. The number of hydrogen-bond acceptors (Lipinski definition) is 3. The number of ether oxygens (including phenoxy) is 1. The lowest BCUT2D eigenvalue weighted by molar-refractivity contribution is -0.117. The zero-order valence-corrected chi connectivity index (χ0v) is 11.3. The molecule has 0 spiro atoms. The van der Waals surface area contributed by atoms with Gasteiger partial charge in [-0.2, -0.15) is 0 Å². The number of carbonyl (C=O) groups excluding carboxylic acids is 1. The third kappa shape index (κ3) is 3.95. The number of carbonyl (C=O) groups is 1. The lowest BCUT2D eigenvalue weighted by atomic mass is 9.99. The van der Waals surface area contributed by atoms with Gasteiger partial charge in [0.15, 0.2) is 0 Å². The minimum atomic E-state index is 0.0354. The Balaban J connectivity index is 2.62. The second-order valence-electron chi connectivity index (χ2n) is 4.39. The first-order valence-electron chi connectivity index (χ1n) is 6.34. The number of nitrogens with two attached hydrogens (primary N) is 1. The van der Waals surface area contributed by atoms with Gasteiger partial charge in [0.05, 0.1) is 12.8 Å². The van der Waals surface area contributed by atoms with Crippen molar-refractivity contribution in [3.63, 3.8) is 0 Å². The first kappa shape index (κ1) is 14.4. The van der Waals surface area contributed by atoms with Gasteiger partial charge >= 0.3 is 0 Å². The van der Waals surface area contributed by atoms with Crippen molar-refractivity contribution in [3.8, 4) is 5.75 Å². The molecule has 0 atom stereocenters. The summed E-state index contributed by atoms with van der Waals surface area (Å²) < 4.78 is 5.07. The Hall–Kier alpha value is -1.71. The number of benzene rings is 1. The maximum absolute atomic E-state index is 11.8. The van der Waals surface area contributed by atoms with E-state index in [0.29, 0.717) is 29.5 Å². The van der Waals surface area contributed by atoms with Gasteiger partial charge in [0.1, 0.15) is 5.75 Å². The van der Waals surface area contributed by atoms with Crippen LogP contribution >= 0.6 is 0 Å². The Bertz CT molecular complexity index is 401. The van der Waals surface area contributed by atoms with Crippen molar-refractivity contribution in [3.05, 3.63) is 18.2 Å². The molecule has 1 amide bonds. The summed E-state index contributed by atoms with van der Waals surface area (Å²) in [5.41, 5.74) is 7.02. The molecule has 3 N–H and O–H groups in total. The van der Waals surface area contributed by atoms with Gasteiger partial charge in [-0.25, -0.2) is 0 Å². The van der Waals surface area contributed by atoms with Crippen molar-refractivity contribution < 1.29 is 9.53 Å². The number of nitrogen functional groups attached to an aromatic ring is 1. The summed E-state index contributed by atoms with van der Waals surface area (Å²) in [6.45, 7) is 4.21. The lowest BCUT2D eigenvalue weighted by Crippen LogP contribution is -2.16. The van der Waals surface area contributed by atoms with Crippen molar-refractivity contribution in [2.75, 3.05) is 18.2 Å². The van der Waals surface area contributed by atoms with Crippen LogP contribution in [0.3, 0.4) is 0 Å². The third-order valence-corrected chi connectivity index (χ3v) is 3.14. The monoisotopic (exact) mass is 250 g/mol. The third-order valence-electron chi connectivity index (χ3n) is 3.14. The second kappa shape index (κ2) is 6.89. The van der Waals surface area contributed by atoms with E-state index in [9.17, 15) is 4.79 Å². The molecule has 0 fully saturated rings. The summed E-state index contributed by atoms with van der Waals surface area (Å²) in [6.07, 6.45) is 2.60. The van der Waals surface area contributed by atoms with Crippen LogP contribution in [0, 0.1) is 5.92 Å². The molecule has 18 heavy (non-hydrogen) atoms. The van der Waals surface area contributed by atoms with Gasteiger partial charge in [0.25, 0.3) is 0 Å². The number of rotatable bonds is 6. The maximum atomic E-state index is 11.8. The SMILES string of the molecule is CCC(CC)CC(=O)Nc1ccc(OC)c(N)c1. The predicted molar refractivity (Wildman–Crippen MR) is 74.7 cm³/mol. The molecule has 0 aliphatic heterocycles. The molecule has 0 aliphatic rings. The van der Waals surface area contributed by atoms with Crippen LogP contribution in [0.15, 0.2) is 18.2 Å². The Kier molecular flexibility index (Phi) is 5.49. The minimum Gasteiger partial charge on any atom is -0.495 e. The van der Waals surface area contributed by atoms with E-state index >= 15 is 0 Å². The van der Waals surface area contributed by atoms with E-state index in [0.717, 1.165) is 12.8 Å². The zero-order valence-electron chi connectivity index (χ0n) is 11.3. The highest BCUT2D eigenvalue weighted by atomic mass is 16.5. The normalized spacial score (nSPS) is 10.4. The molecule has 1 aromatic rings. The van der Waals surface area contributed by atoms with E-state index < -0.39 is 0 Å². The lowest BCUT2D eigenvalue weighted by Gasteiger charge is -2.13. The van der Waals surface area contributed by atoms with Crippen LogP contribution in [0.2, 0.25) is 0 Å². The van der Waals surface area contributed by atoms with Gasteiger partial charge in [-0.05, 0) is 24.1 Å². The molecule has 0 heterocycles. The Labute approximate surface area is 109 Å². The van der Waals surface area contributed by atoms with Crippen LogP contribution in [-0.2, 0) is 4.79 Å². The van der Waals surface area contributed by atoms with Crippen LogP contribution in [0.5, 0.6) is 5.75 Å². The average Bonchev–Trinajstić information content (AvgIpc) is 2.36. The fourth-order valence-corrected chi connectivity index (χ4v) is 1.86. The van der Waals surface area contributed by atoms with Gasteiger partial charge in [-0.1, -0.05) is 26.7 Å². The number of amides is 1. The highest BCUT2D eigenvalue weighted by Crippen LogP contribution is 2.25. The fourth-order valence-electron chi connectivity index (χ4n) is 1.86. The first-order valence-corrected chi connectivity index (χ1v) is 6.34. The molecule has 0 saturated heterocycles. The van der Waals surface area contributed by atoms with E-state index in [4.69, 9.17) is 10.5 Å². The van der Waals surface area contributed by atoms with Crippen LogP contribution in [0.25, 0.3) is 0 Å². The Morgan fingerprint density at radius 3 is 2.56 bits per heavy atom. The largest absolute Gasteiger partial charge is 0.495 e. The van der Waals surface area contributed by atoms with Crippen molar-refractivity contribution in [1.82, 2.24) is 0 Å². The van der Waals surface area contributed by atoms with Crippen LogP contribution in [0.4, 0.5) is 11.4 Å². The molecule has 0 unspecified atom stereocenters. The summed E-state index contributed by atoms with van der Waals surface area (Å²) in [7, 11) is 1.57. The second-order valence-corrected chi connectivity index (χ2v) is 4.39. The summed E-state index contributed by atoms with van der Waals surface area (Å²) in [5, 5.41) is 2.86. The van der Waals surface area contributed by atoms with E-state index in [1.54, 1.807) is 25.3 Å². The highest BCUT2D eigenvalue weighted by molar-refractivity contribution is 5.91. The molecule has 4 nitrogen and oxygen atoms in total. The van der Waals surface area contributed by atoms with Crippen molar-refractivity contribution >= 4 is 17.3 Å². The van der Waals surface area contributed by atoms with E-state index in [-0.39, 0.29) is 5.91 Å². The van der Waals surface area contributed by atoms with Crippen LogP contribution in [-0.4, -0.2) is 13.0 Å². The quantitative estimate of drug-likeness (QED) is 0.763. The molecule has 100 valence electrons. The predicted octanol–water partition coefficient (Wildman–Crippen LogP) is 3.04. The van der Waals surface area contributed by atoms with Gasteiger partial charge < -0.3 is 15.8 Å². The van der Waals surface area contributed by atoms with Crippen LogP contribution < -0.4 is 15.8 Å². The molecule has 4 heteroatoms. The van der Waals surface area contributed by atoms with Crippen molar-refractivity contribution in [2.24, 2.45) is 5.92 Å². The van der Waals surface area contributed by atoms with E-state index in [2.05, 4.69) is 19.2 Å². The average molecular weight is 250 g/mol. The number of anilines is 2. The van der Waals surface area contributed by atoms with E-state index in [1.165, 1.54) is 0 Å². The number of hydrogen-bond donors (Lipinski definition) is 2. The molecule has 0 bridgehead atoms. The molecule has 0 radical (unpaired) electrons. The Morgan fingerprint density at radius 1 is 1.39 bits per heavy atom. The number of nitrogens with one attached hydrogen (secondary N) is 1. The summed E-state index contributed by atoms with van der Waals surface area (Å²) in [5.74, 6) is 1.10. The van der Waals surface area contributed by atoms with E-state index in [1.807, 2.05) is 0 Å². The minimum absolute atomic E-state index is 0.0354. The maximum Gasteiger partial charge on any atom is 0.224 e. The molecular weight excluding hydrogens is 228 g/mol. The molecular formula is C14H22N2O2. The standard InChI is InChI=1S/C14H22N2O2/c1-4-10(5-2)8-14(17)16-11-6-7-13(18-3)12(15)9-11/h6-7,9-10H,4-5,8,15H2,1-3H3,(H,16,17). The zero-order chi connectivity index (χ0) is 13.5. The summed E-state index contributed by atoms with van der Waals surface area (Å²) in [4.78, 5) is 11.8. The van der Waals surface area contributed by atoms with Gasteiger partial charge in [0.2, 0.25) is 5.91 Å². The van der Waals surface area contributed by atoms with Gasteiger partial charge in [0, 0.05) is 12.1 Å². The van der Waals surface area contributed by atoms with Crippen LogP contribution in [0.1, 0.15) is 33.1 Å². The smallest absolute Gasteiger partial charge is 0.224 e.